The molecule has 0 aliphatic carbocycles. The smallest absolute Gasteiger partial charge is 0.339 e. The van der Waals surface area contributed by atoms with Crippen LogP contribution in [0.2, 0.25) is 0 Å². The lowest BCUT2D eigenvalue weighted by Crippen LogP contribution is -2.17. The van der Waals surface area contributed by atoms with Crippen molar-refractivity contribution in [2.75, 3.05) is 5.32 Å². The molecule has 3 N–H and O–H groups in total. The molecule has 2 aromatic carbocycles. The van der Waals surface area contributed by atoms with Gasteiger partial charge in [0.15, 0.2) is 0 Å². The van der Waals surface area contributed by atoms with Gasteiger partial charge in [-0.05, 0) is 24.3 Å². The summed E-state index contributed by atoms with van der Waals surface area (Å²) < 4.78 is 5.23. The molecular weight excluding hydrogens is 296 g/mol. The van der Waals surface area contributed by atoms with Gasteiger partial charge in [0, 0.05) is 16.8 Å². The maximum atomic E-state index is 12.1. The zero-order valence-electron chi connectivity index (χ0n) is 12.1. The molecule has 1 heterocycles. The number of hydrogen-bond acceptors (Lipinski definition) is 4. The van der Waals surface area contributed by atoms with Gasteiger partial charge < -0.3 is 15.8 Å². The van der Waals surface area contributed by atoms with Crippen molar-refractivity contribution in [3.63, 3.8) is 0 Å². The Bertz CT molecular complexity index is 801. The van der Waals surface area contributed by atoms with Crippen molar-refractivity contribution in [3.05, 3.63) is 65.2 Å². The maximum Gasteiger partial charge on any atom is 0.339 e. The Morgan fingerprint density at radius 1 is 1.13 bits per heavy atom. The number of carbonyl (C=O) groups is 3. The van der Waals surface area contributed by atoms with E-state index in [0.717, 1.165) is 0 Å². The van der Waals surface area contributed by atoms with E-state index < -0.39 is 18.0 Å². The van der Waals surface area contributed by atoms with Crippen molar-refractivity contribution >= 4 is 23.5 Å². The number of rotatable bonds is 4. The third-order valence-electron chi connectivity index (χ3n) is 3.58. The number of hydrogen-bond donors (Lipinski definition) is 2. The highest BCUT2D eigenvalue weighted by atomic mass is 16.5. The molecule has 0 radical (unpaired) electrons. The second-order valence-electron chi connectivity index (χ2n) is 5.18. The Hall–Kier alpha value is -3.15. The molecule has 1 aliphatic rings. The van der Waals surface area contributed by atoms with Crippen LogP contribution in [0.1, 0.15) is 38.8 Å². The predicted molar refractivity (Wildman–Crippen MR) is 82.8 cm³/mol. The van der Waals surface area contributed by atoms with Crippen LogP contribution in [-0.2, 0) is 9.53 Å². The molecule has 2 amide bonds. The molecule has 0 bridgehead atoms. The summed E-state index contributed by atoms with van der Waals surface area (Å²) in [5.74, 6) is -1.31. The summed E-state index contributed by atoms with van der Waals surface area (Å²) in [6.45, 7) is 0. The molecule has 116 valence electrons. The number of primary amides is 1. The van der Waals surface area contributed by atoms with Gasteiger partial charge in [-0.3, -0.25) is 9.59 Å². The average Bonchev–Trinajstić information content (AvgIpc) is 2.84. The second kappa shape index (κ2) is 5.92. The minimum atomic E-state index is -0.599. The highest BCUT2D eigenvalue weighted by Crippen LogP contribution is 2.32. The summed E-state index contributed by atoms with van der Waals surface area (Å²) in [6.07, 6.45) is -0.596. The Morgan fingerprint density at radius 2 is 1.91 bits per heavy atom. The number of fused-ring (bicyclic) bond motifs is 1. The zero-order chi connectivity index (χ0) is 16.4. The fourth-order valence-corrected chi connectivity index (χ4v) is 2.50. The SMILES string of the molecule is NC(=O)c1cccc(NC(=O)CC2OC(=O)c3ccccc32)c1. The molecule has 1 aliphatic heterocycles. The van der Waals surface area contributed by atoms with Gasteiger partial charge in [0.05, 0.1) is 12.0 Å². The number of ether oxygens (including phenoxy) is 1. The summed E-state index contributed by atoms with van der Waals surface area (Å²) in [4.78, 5) is 35.0. The molecule has 1 atom stereocenters. The summed E-state index contributed by atoms with van der Waals surface area (Å²) in [5, 5.41) is 2.67. The van der Waals surface area contributed by atoms with Crippen molar-refractivity contribution in [2.24, 2.45) is 5.73 Å². The molecule has 6 heteroatoms. The van der Waals surface area contributed by atoms with Gasteiger partial charge in [-0.15, -0.1) is 0 Å². The first-order valence-corrected chi connectivity index (χ1v) is 7.04. The molecule has 2 aromatic rings. The van der Waals surface area contributed by atoms with E-state index in [1.165, 1.54) is 6.07 Å². The van der Waals surface area contributed by atoms with Gasteiger partial charge in [0.25, 0.3) is 0 Å². The van der Waals surface area contributed by atoms with Crippen LogP contribution in [0.15, 0.2) is 48.5 Å². The van der Waals surface area contributed by atoms with E-state index in [4.69, 9.17) is 10.5 Å². The van der Waals surface area contributed by atoms with E-state index in [1.54, 1.807) is 42.5 Å². The molecule has 0 fully saturated rings. The monoisotopic (exact) mass is 310 g/mol. The van der Waals surface area contributed by atoms with Gasteiger partial charge in [-0.1, -0.05) is 24.3 Å². The van der Waals surface area contributed by atoms with Crippen LogP contribution in [0, 0.1) is 0 Å². The minimum absolute atomic E-state index is 0.00352. The van der Waals surface area contributed by atoms with E-state index in [9.17, 15) is 14.4 Å². The highest BCUT2D eigenvalue weighted by molar-refractivity contribution is 5.98. The van der Waals surface area contributed by atoms with E-state index in [0.29, 0.717) is 22.4 Å². The van der Waals surface area contributed by atoms with E-state index in [2.05, 4.69) is 5.32 Å². The standard InChI is InChI=1S/C17H14N2O4/c18-16(21)10-4-3-5-11(8-10)19-15(20)9-14-12-6-1-2-7-13(12)17(22)23-14/h1-8,14H,9H2,(H2,18,21)(H,19,20). The molecule has 6 nitrogen and oxygen atoms in total. The van der Waals surface area contributed by atoms with E-state index >= 15 is 0 Å². The molecule has 0 saturated carbocycles. The van der Waals surface area contributed by atoms with Crippen molar-refractivity contribution < 1.29 is 19.1 Å². The summed E-state index contributed by atoms with van der Waals surface area (Å²) in [5.41, 5.74) is 7.17. The van der Waals surface area contributed by atoms with Crippen LogP contribution in [0.5, 0.6) is 0 Å². The number of cyclic esters (lactones) is 1. The lowest BCUT2D eigenvalue weighted by molar-refractivity contribution is -0.118. The fraction of sp³-hybridized carbons (Fsp3) is 0.118. The fourth-order valence-electron chi connectivity index (χ4n) is 2.50. The van der Waals surface area contributed by atoms with Gasteiger partial charge in [0.1, 0.15) is 6.10 Å². The highest BCUT2D eigenvalue weighted by Gasteiger charge is 2.31. The Labute approximate surface area is 132 Å². The molecular formula is C17H14N2O4. The summed E-state index contributed by atoms with van der Waals surface area (Å²) in [7, 11) is 0. The van der Waals surface area contributed by atoms with Crippen LogP contribution >= 0.6 is 0 Å². The van der Waals surface area contributed by atoms with Crippen LogP contribution in [0.4, 0.5) is 5.69 Å². The first-order valence-electron chi connectivity index (χ1n) is 7.04. The normalized spacial score (nSPS) is 15.7. The van der Waals surface area contributed by atoms with E-state index in [-0.39, 0.29) is 12.3 Å². The van der Waals surface area contributed by atoms with Crippen LogP contribution in [0.3, 0.4) is 0 Å². The lowest BCUT2D eigenvalue weighted by Gasteiger charge is -2.11. The number of benzene rings is 2. The average molecular weight is 310 g/mol. The third kappa shape index (κ3) is 3.06. The van der Waals surface area contributed by atoms with Crippen molar-refractivity contribution in [3.8, 4) is 0 Å². The molecule has 0 aromatic heterocycles. The second-order valence-corrected chi connectivity index (χ2v) is 5.18. The first-order chi connectivity index (χ1) is 11.0. The Balaban J connectivity index is 1.70. The molecule has 0 spiro atoms. The zero-order valence-corrected chi connectivity index (χ0v) is 12.1. The minimum Gasteiger partial charge on any atom is -0.453 e. The van der Waals surface area contributed by atoms with Gasteiger partial charge in [-0.25, -0.2) is 4.79 Å². The maximum absolute atomic E-state index is 12.1. The molecule has 0 saturated heterocycles. The van der Waals surface area contributed by atoms with Crippen molar-refractivity contribution in [1.82, 2.24) is 0 Å². The summed E-state index contributed by atoms with van der Waals surface area (Å²) >= 11 is 0. The summed E-state index contributed by atoms with van der Waals surface area (Å²) in [6, 6.07) is 13.3. The quantitative estimate of drug-likeness (QED) is 0.844. The van der Waals surface area contributed by atoms with Gasteiger partial charge >= 0.3 is 5.97 Å². The Kier molecular flexibility index (Phi) is 3.80. The topological polar surface area (TPSA) is 98.5 Å². The number of nitrogens with two attached hydrogens (primary N) is 1. The lowest BCUT2D eigenvalue weighted by atomic mass is 10.0. The van der Waals surface area contributed by atoms with Crippen LogP contribution in [-0.4, -0.2) is 17.8 Å². The van der Waals surface area contributed by atoms with E-state index in [1.807, 2.05) is 0 Å². The van der Waals surface area contributed by atoms with Crippen molar-refractivity contribution in [1.29, 1.82) is 0 Å². The number of nitrogens with one attached hydrogen (secondary N) is 1. The Morgan fingerprint density at radius 3 is 2.70 bits per heavy atom. The number of carbonyl (C=O) groups excluding carboxylic acids is 3. The van der Waals surface area contributed by atoms with Crippen molar-refractivity contribution in [2.45, 2.75) is 12.5 Å². The first kappa shape index (κ1) is 14.8. The largest absolute Gasteiger partial charge is 0.453 e. The number of anilines is 1. The number of esters is 1. The van der Waals surface area contributed by atoms with Crippen LogP contribution < -0.4 is 11.1 Å². The predicted octanol–water partition coefficient (Wildman–Crippen LogP) is 2.03. The molecule has 3 rings (SSSR count). The molecule has 23 heavy (non-hydrogen) atoms. The number of amides is 2. The van der Waals surface area contributed by atoms with Gasteiger partial charge in [0.2, 0.25) is 11.8 Å². The molecule has 1 unspecified atom stereocenters. The van der Waals surface area contributed by atoms with Gasteiger partial charge in [-0.2, -0.15) is 0 Å². The third-order valence-corrected chi connectivity index (χ3v) is 3.58. The van der Waals surface area contributed by atoms with Crippen LogP contribution in [0.25, 0.3) is 0 Å².